The lowest BCUT2D eigenvalue weighted by molar-refractivity contribution is -0.120. The smallest absolute Gasteiger partial charge is 0.412 e. The van der Waals surface area contributed by atoms with Gasteiger partial charge in [-0.3, -0.25) is 19.3 Å². The Morgan fingerprint density at radius 1 is 0.932 bits per heavy atom. The first-order valence-corrected chi connectivity index (χ1v) is 16.2. The molecule has 3 aromatic carbocycles. The highest BCUT2D eigenvalue weighted by Crippen LogP contribution is 2.42. The molecule has 44 heavy (non-hydrogen) atoms. The minimum Gasteiger partial charge on any atom is -0.444 e. The molecule has 2 aliphatic rings. The van der Waals surface area contributed by atoms with Gasteiger partial charge in [0.15, 0.2) is 10.9 Å². The Labute approximate surface area is 263 Å². The van der Waals surface area contributed by atoms with Crippen LogP contribution in [-0.2, 0) is 16.1 Å². The van der Waals surface area contributed by atoms with Crippen LogP contribution in [0.5, 0.6) is 0 Å². The van der Waals surface area contributed by atoms with Crippen molar-refractivity contribution in [2.45, 2.75) is 43.8 Å². The summed E-state index contributed by atoms with van der Waals surface area (Å²) in [5.74, 6) is -0.150. The molecule has 9 nitrogen and oxygen atoms in total. The average Bonchev–Trinajstić information content (AvgIpc) is 3.54. The molecule has 2 heterocycles. The molecule has 4 aromatic rings. The lowest BCUT2D eigenvalue weighted by Gasteiger charge is -2.28. The number of ketones is 1. The number of carbonyl (C=O) groups excluding carboxylic acids is 4. The molecule has 2 fully saturated rings. The molecule has 1 unspecified atom stereocenters. The van der Waals surface area contributed by atoms with E-state index in [4.69, 9.17) is 4.74 Å². The number of carbonyl (C=O) groups is 4. The van der Waals surface area contributed by atoms with Gasteiger partial charge in [0.25, 0.3) is 5.91 Å². The summed E-state index contributed by atoms with van der Waals surface area (Å²) in [4.78, 5) is 57.2. The van der Waals surface area contributed by atoms with E-state index in [1.54, 1.807) is 36.4 Å². The highest BCUT2D eigenvalue weighted by molar-refractivity contribution is 7.99. The van der Waals surface area contributed by atoms with E-state index >= 15 is 0 Å². The summed E-state index contributed by atoms with van der Waals surface area (Å²) in [5.41, 5.74) is 4.28. The van der Waals surface area contributed by atoms with Crippen LogP contribution in [0.4, 0.5) is 9.93 Å². The van der Waals surface area contributed by atoms with E-state index in [-0.39, 0.29) is 30.2 Å². The van der Waals surface area contributed by atoms with Gasteiger partial charge in [0.05, 0.1) is 5.69 Å². The fraction of sp³-hybridized carbons (Fsp3) is 0.242. The molecule has 2 N–H and O–H groups in total. The molecule has 1 saturated carbocycles. The van der Waals surface area contributed by atoms with Gasteiger partial charge in [0, 0.05) is 33.9 Å². The number of hydrogen-bond acceptors (Lipinski definition) is 8. The Balaban J connectivity index is 1.16. The molecular formula is C33H30N4O5S2. The predicted octanol–water partition coefficient (Wildman–Crippen LogP) is 6.30. The van der Waals surface area contributed by atoms with E-state index < -0.39 is 17.5 Å². The van der Waals surface area contributed by atoms with Crippen molar-refractivity contribution in [3.05, 3.63) is 106 Å². The summed E-state index contributed by atoms with van der Waals surface area (Å²) in [6.07, 6.45) is 1.45. The van der Waals surface area contributed by atoms with Crippen LogP contribution in [0.1, 0.15) is 57.0 Å². The third-order valence-corrected chi connectivity index (χ3v) is 9.49. The number of nitrogens with zero attached hydrogens (tertiary/aromatic N) is 2. The lowest BCUT2D eigenvalue weighted by atomic mass is 10.1. The van der Waals surface area contributed by atoms with E-state index in [0.717, 1.165) is 29.5 Å². The molecule has 224 valence electrons. The Hall–Kier alpha value is -4.48. The van der Waals surface area contributed by atoms with Gasteiger partial charge in [-0.25, -0.2) is 9.78 Å². The van der Waals surface area contributed by atoms with Crippen LogP contribution >= 0.6 is 23.1 Å². The van der Waals surface area contributed by atoms with Crippen LogP contribution in [0.15, 0.2) is 84.2 Å². The van der Waals surface area contributed by atoms with E-state index in [0.29, 0.717) is 27.7 Å². The monoisotopic (exact) mass is 626 g/mol. The summed E-state index contributed by atoms with van der Waals surface area (Å²) in [7, 11) is 0. The second-order valence-corrected chi connectivity index (χ2v) is 12.7. The summed E-state index contributed by atoms with van der Waals surface area (Å²) in [6.45, 7) is 1.57. The second kappa shape index (κ2) is 13.0. The van der Waals surface area contributed by atoms with Crippen LogP contribution in [0, 0.1) is 0 Å². The normalized spacial score (nSPS) is 17.6. The number of Topliss-reactive ketones (excluding diaryl/α,β-unsaturated/α-hetero) is 1. The van der Waals surface area contributed by atoms with Crippen molar-refractivity contribution in [1.29, 1.82) is 0 Å². The van der Waals surface area contributed by atoms with Gasteiger partial charge in [-0.15, -0.1) is 23.1 Å². The van der Waals surface area contributed by atoms with Crippen molar-refractivity contribution in [3.63, 3.8) is 0 Å². The maximum absolute atomic E-state index is 13.6. The molecule has 1 aromatic heterocycles. The number of aromatic nitrogens is 1. The number of nitrogens with one attached hydrogen (secondary N) is 2. The zero-order valence-electron chi connectivity index (χ0n) is 23.9. The van der Waals surface area contributed by atoms with Crippen molar-refractivity contribution in [2.75, 3.05) is 11.1 Å². The number of amides is 3. The van der Waals surface area contributed by atoms with E-state index in [1.807, 2.05) is 47.8 Å². The molecule has 1 saturated heterocycles. The third kappa shape index (κ3) is 6.84. The molecule has 6 rings (SSSR count). The Morgan fingerprint density at radius 3 is 2.32 bits per heavy atom. The zero-order valence-corrected chi connectivity index (χ0v) is 25.5. The molecular weight excluding hydrogens is 597 g/mol. The van der Waals surface area contributed by atoms with Crippen molar-refractivity contribution >= 4 is 51.9 Å². The van der Waals surface area contributed by atoms with Crippen LogP contribution < -0.4 is 10.6 Å². The highest BCUT2D eigenvalue weighted by atomic mass is 32.2. The number of hydrogen-bond donors (Lipinski definition) is 2. The maximum Gasteiger partial charge on any atom is 0.412 e. The van der Waals surface area contributed by atoms with Gasteiger partial charge in [0.1, 0.15) is 18.0 Å². The molecule has 0 radical (unpaired) electrons. The maximum atomic E-state index is 13.6. The predicted molar refractivity (Wildman–Crippen MR) is 171 cm³/mol. The molecule has 0 spiro atoms. The molecule has 1 aliphatic carbocycles. The number of anilines is 1. The van der Waals surface area contributed by atoms with Crippen LogP contribution in [0.25, 0.3) is 11.3 Å². The van der Waals surface area contributed by atoms with Gasteiger partial charge in [0.2, 0.25) is 5.91 Å². The largest absolute Gasteiger partial charge is 0.444 e. The fourth-order valence-electron chi connectivity index (χ4n) is 4.81. The van der Waals surface area contributed by atoms with Crippen molar-refractivity contribution < 1.29 is 23.9 Å². The van der Waals surface area contributed by atoms with Crippen LogP contribution in [0.2, 0.25) is 0 Å². The molecule has 3 amide bonds. The molecule has 2 atom stereocenters. The number of ether oxygens (including phenoxy) is 1. The SMILES string of the molecule is CC(=O)c1ccc(C2SC[C@@H](C(=O)Nc3nc(-c4ccc(C(=O)NC5CC5)cc4)cs3)N2C(=O)OCc2ccccc2)cc1. The van der Waals surface area contributed by atoms with Gasteiger partial charge < -0.3 is 15.4 Å². The molecule has 1 aliphatic heterocycles. The Kier molecular flexibility index (Phi) is 8.76. The second-order valence-electron chi connectivity index (χ2n) is 10.7. The van der Waals surface area contributed by atoms with Crippen LogP contribution in [-0.4, -0.2) is 51.4 Å². The Morgan fingerprint density at radius 2 is 1.64 bits per heavy atom. The average molecular weight is 627 g/mol. The first-order chi connectivity index (χ1) is 21.4. The molecule has 0 bridgehead atoms. The van der Waals surface area contributed by atoms with Crippen LogP contribution in [0.3, 0.4) is 0 Å². The topological polar surface area (TPSA) is 118 Å². The van der Waals surface area contributed by atoms with Crippen molar-refractivity contribution in [3.8, 4) is 11.3 Å². The van der Waals surface area contributed by atoms with E-state index in [9.17, 15) is 19.2 Å². The quantitative estimate of drug-likeness (QED) is 0.210. The zero-order chi connectivity index (χ0) is 30.6. The van der Waals surface area contributed by atoms with Gasteiger partial charge in [-0.2, -0.15) is 0 Å². The third-order valence-electron chi connectivity index (χ3n) is 7.41. The van der Waals surface area contributed by atoms with Crippen molar-refractivity contribution in [2.24, 2.45) is 0 Å². The summed E-state index contributed by atoms with van der Waals surface area (Å²) in [6, 6.07) is 23.1. The minimum atomic E-state index is -0.808. The summed E-state index contributed by atoms with van der Waals surface area (Å²) in [5, 5.41) is 7.62. The number of benzene rings is 3. The van der Waals surface area contributed by atoms with Crippen molar-refractivity contribution in [1.82, 2.24) is 15.2 Å². The minimum absolute atomic E-state index is 0.0511. The Bertz CT molecular complexity index is 1670. The number of thioether (sulfide) groups is 1. The lowest BCUT2D eigenvalue weighted by Crippen LogP contribution is -2.45. The number of thiazole rings is 1. The van der Waals surface area contributed by atoms with E-state index in [1.165, 1.54) is 34.9 Å². The first-order valence-electron chi connectivity index (χ1n) is 14.2. The van der Waals surface area contributed by atoms with Gasteiger partial charge >= 0.3 is 6.09 Å². The first kappa shape index (κ1) is 29.6. The fourth-order valence-corrected chi connectivity index (χ4v) is 6.95. The summed E-state index contributed by atoms with van der Waals surface area (Å²) < 4.78 is 5.67. The van der Waals surface area contributed by atoms with Gasteiger partial charge in [-0.05, 0) is 43.0 Å². The summed E-state index contributed by atoms with van der Waals surface area (Å²) >= 11 is 2.74. The standard InChI is InChI=1S/C33H30N4O5S2/c1-20(38)22-7-13-25(14-8-22)31-37(33(41)42-17-21-5-3-2-4-6-21)28(19-43-31)30(40)36-32-35-27(18-44-32)23-9-11-24(12-10-23)29(39)34-26-15-16-26/h2-14,18,26,28,31H,15-17,19H2,1H3,(H,34,39)(H,35,36,40)/t28-,31?/m0/s1. The number of rotatable bonds is 9. The highest BCUT2D eigenvalue weighted by Gasteiger charge is 2.43. The van der Waals surface area contributed by atoms with E-state index in [2.05, 4.69) is 15.6 Å². The van der Waals surface area contributed by atoms with Gasteiger partial charge in [-0.1, -0.05) is 66.7 Å². The molecule has 11 heteroatoms.